The largest absolute Gasteiger partial charge is 0.508 e. The zero-order valence-electron chi connectivity index (χ0n) is 24.3. The molecule has 0 saturated carbocycles. The summed E-state index contributed by atoms with van der Waals surface area (Å²) in [7, 11) is 0. The molecule has 6 rings (SSSR count). The molecule has 0 bridgehead atoms. The minimum Gasteiger partial charge on any atom is -0.508 e. The Balaban J connectivity index is 1.65. The van der Waals surface area contributed by atoms with Gasteiger partial charge in [0.25, 0.3) is 0 Å². The maximum absolute atomic E-state index is 14.1. The van der Waals surface area contributed by atoms with Crippen LogP contribution in [-0.2, 0) is 16.8 Å². The smallest absolute Gasteiger partial charge is 0.321 e. The van der Waals surface area contributed by atoms with Crippen LogP contribution in [0.5, 0.6) is 5.75 Å². The topological polar surface area (TPSA) is 84.5 Å². The first-order valence-corrected chi connectivity index (χ1v) is 14.6. The summed E-state index contributed by atoms with van der Waals surface area (Å²) >= 11 is 6.98. The van der Waals surface area contributed by atoms with E-state index in [1.807, 2.05) is 54.6 Å². The normalized spacial score (nSPS) is 13.8. The standard InChI is InChI=1S/C35H32ClN3O4/c1-5-32(41)37-18-21(19-37)20-38-30-17-28(36)26(25-15-23(40)14-22-10-6-7-11-24(22)25)16-31(30)39(34(43)33(38)42)29-13-9-8-12-27(29)35(2,3)4/h5-17,21,40H,1,18-20H2,2-4H3. The molecule has 1 amide bonds. The van der Waals surface area contributed by atoms with Crippen molar-refractivity contribution in [2.45, 2.75) is 32.7 Å². The third kappa shape index (κ3) is 4.93. The summed E-state index contributed by atoms with van der Waals surface area (Å²) in [5, 5.41) is 12.7. The molecule has 4 aromatic carbocycles. The molecular weight excluding hydrogens is 562 g/mol. The average Bonchev–Trinajstić information content (AvgIpc) is 2.95. The Labute approximate surface area is 253 Å². The van der Waals surface area contributed by atoms with Crippen molar-refractivity contribution in [3.05, 3.63) is 117 Å². The van der Waals surface area contributed by atoms with Crippen molar-refractivity contribution in [1.29, 1.82) is 0 Å². The van der Waals surface area contributed by atoms with Crippen LogP contribution in [0.3, 0.4) is 0 Å². The number of carbonyl (C=O) groups excluding carboxylic acids is 1. The summed E-state index contributed by atoms with van der Waals surface area (Å²) in [5.74, 6) is -0.0713. The lowest BCUT2D eigenvalue weighted by Gasteiger charge is -2.39. The highest BCUT2D eigenvalue weighted by atomic mass is 35.5. The van der Waals surface area contributed by atoms with Crippen LogP contribution in [0.15, 0.2) is 95.0 Å². The fourth-order valence-corrected chi connectivity index (χ4v) is 6.34. The molecule has 0 radical (unpaired) electrons. The van der Waals surface area contributed by atoms with Gasteiger partial charge in [0.05, 0.1) is 21.7 Å². The summed E-state index contributed by atoms with van der Waals surface area (Å²) < 4.78 is 2.98. The number of fused-ring (bicyclic) bond motifs is 2. The van der Waals surface area contributed by atoms with E-state index in [-0.39, 0.29) is 29.5 Å². The molecule has 8 heteroatoms. The highest BCUT2D eigenvalue weighted by molar-refractivity contribution is 6.34. The molecule has 1 N–H and O–H groups in total. The van der Waals surface area contributed by atoms with Crippen molar-refractivity contribution >= 4 is 39.3 Å². The maximum Gasteiger partial charge on any atom is 0.321 e. The van der Waals surface area contributed by atoms with Crippen molar-refractivity contribution in [2.24, 2.45) is 5.92 Å². The van der Waals surface area contributed by atoms with Gasteiger partial charge in [0, 0.05) is 31.1 Å². The fraction of sp³-hybridized carbons (Fsp3) is 0.229. The van der Waals surface area contributed by atoms with E-state index in [9.17, 15) is 19.5 Å². The molecule has 0 unspecified atom stereocenters. The van der Waals surface area contributed by atoms with Crippen molar-refractivity contribution in [2.75, 3.05) is 13.1 Å². The summed E-state index contributed by atoms with van der Waals surface area (Å²) in [6, 6.07) is 22.2. The second-order valence-corrected chi connectivity index (χ2v) is 12.6. The zero-order chi connectivity index (χ0) is 30.6. The second-order valence-electron chi connectivity index (χ2n) is 12.2. The molecule has 7 nitrogen and oxygen atoms in total. The fourth-order valence-electron chi connectivity index (χ4n) is 6.08. The average molecular weight is 594 g/mol. The van der Waals surface area contributed by atoms with E-state index in [1.165, 1.54) is 15.2 Å². The van der Waals surface area contributed by atoms with E-state index in [0.29, 0.717) is 46.0 Å². The highest BCUT2D eigenvalue weighted by Gasteiger charge is 2.31. The number of rotatable bonds is 5. The molecule has 1 fully saturated rings. The first kappa shape index (κ1) is 28.5. The van der Waals surface area contributed by atoms with Gasteiger partial charge in [0.2, 0.25) is 5.91 Å². The predicted octanol–water partition coefficient (Wildman–Crippen LogP) is 6.27. The van der Waals surface area contributed by atoms with Gasteiger partial charge in [0.15, 0.2) is 0 Å². The molecule has 0 spiro atoms. The molecule has 1 aliphatic heterocycles. The third-order valence-corrected chi connectivity index (χ3v) is 8.51. The number of benzene rings is 4. The van der Waals surface area contributed by atoms with Gasteiger partial charge in [-0.05, 0) is 63.7 Å². The van der Waals surface area contributed by atoms with Gasteiger partial charge >= 0.3 is 11.1 Å². The lowest BCUT2D eigenvalue weighted by Crippen LogP contribution is -2.52. The Kier molecular flexibility index (Phi) is 7.01. The third-order valence-electron chi connectivity index (χ3n) is 8.20. The number of amides is 1. The molecule has 1 saturated heterocycles. The van der Waals surface area contributed by atoms with Gasteiger partial charge in [-0.2, -0.15) is 0 Å². The van der Waals surface area contributed by atoms with Gasteiger partial charge in [0.1, 0.15) is 5.75 Å². The molecule has 218 valence electrons. The number of hydrogen-bond donors (Lipinski definition) is 1. The zero-order valence-corrected chi connectivity index (χ0v) is 25.1. The minimum atomic E-state index is -0.670. The minimum absolute atomic E-state index is 0.00428. The maximum atomic E-state index is 14.1. The lowest BCUT2D eigenvalue weighted by atomic mass is 9.85. The van der Waals surface area contributed by atoms with Gasteiger partial charge in [-0.15, -0.1) is 0 Å². The van der Waals surface area contributed by atoms with Crippen molar-refractivity contribution in [3.63, 3.8) is 0 Å². The van der Waals surface area contributed by atoms with Gasteiger partial charge in [-0.25, -0.2) is 0 Å². The van der Waals surface area contributed by atoms with Crippen LogP contribution in [0.4, 0.5) is 0 Å². The van der Waals surface area contributed by atoms with E-state index in [0.717, 1.165) is 16.3 Å². The van der Waals surface area contributed by atoms with Crippen molar-refractivity contribution < 1.29 is 9.90 Å². The Hall–Kier alpha value is -4.62. The van der Waals surface area contributed by atoms with Crippen molar-refractivity contribution in [1.82, 2.24) is 14.0 Å². The second kappa shape index (κ2) is 10.6. The van der Waals surface area contributed by atoms with E-state index >= 15 is 0 Å². The molecule has 0 atom stereocenters. The Bertz CT molecular complexity index is 2060. The van der Waals surface area contributed by atoms with Crippen LogP contribution >= 0.6 is 11.6 Å². The first-order chi connectivity index (χ1) is 20.5. The molecule has 0 aliphatic carbocycles. The number of phenols is 1. The Morgan fingerprint density at radius 2 is 1.65 bits per heavy atom. The van der Waals surface area contributed by atoms with Crippen LogP contribution in [-0.4, -0.2) is 38.1 Å². The number of phenolic OH excluding ortho intramolecular Hbond substituents is 1. The summed E-state index contributed by atoms with van der Waals surface area (Å²) in [5.41, 5.74) is 2.25. The quantitative estimate of drug-likeness (QED) is 0.192. The molecule has 5 aromatic rings. The number of carbonyl (C=O) groups is 1. The van der Waals surface area contributed by atoms with Crippen LogP contribution in [0.1, 0.15) is 26.3 Å². The van der Waals surface area contributed by atoms with Gasteiger partial charge in [-0.3, -0.25) is 19.0 Å². The predicted molar refractivity (Wildman–Crippen MR) is 172 cm³/mol. The summed E-state index contributed by atoms with van der Waals surface area (Å²) in [6.45, 7) is 10.9. The number of nitrogens with zero attached hydrogens (tertiary/aromatic N) is 3. The Morgan fingerprint density at radius 1 is 0.953 bits per heavy atom. The number of para-hydroxylation sites is 1. The van der Waals surface area contributed by atoms with Crippen molar-refractivity contribution in [3.8, 4) is 22.6 Å². The number of aromatic hydroxyl groups is 1. The summed E-state index contributed by atoms with van der Waals surface area (Å²) in [4.78, 5) is 41.6. The lowest BCUT2D eigenvalue weighted by molar-refractivity contribution is -0.132. The highest BCUT2D eigenvalue weighted by Crippen LogP contribution is 2.39. The molecule has 43 heavy (non-hydrogen) atoms. The SMILES string of the molecule is C=CC(=O)N1CC(Cn2c(=O)c(=O)n(-c3ccccc3C(C)(C)C)c3cc(-c4cc(O)cc5ccccc45)c(Cl)cc32)C1. The van der Waals surface area contributed by atoms with Gasteiger partial charge < -0.3 is 14.6 Å². The molecular formula is C35H32ClN3O4. The number of aromatic nitrogens is 2. The number of hydrogen-bond acceptors (Lipinski definition) is 4. The molecule has 1 aromatic heterocycles. The molecule has 2 heterocycles. The van der Waals surface area contributed by atoms with E-state index in [2.05, 4.69) is 27.4 Å². The summed E-state index contributed by atoms with van der Waals surface area (Å²) in [6.07, 6.45) is 1.28. The van der Waals surface area contributed by atoms with Crippen LogP contribution < -0.4 is 11.1 Å². The monoisotopic (exact) mass is 593 g/mol. The van der Waals surface area contributed by atoms with Crippen LogP contribution in [0, 0.1) is 5.92 Å². The first-order valence-electron chi connectivity index (χ1n) is 14.2. The van der Waals surface area contributed by atoms with E-state index in [1.54, 1.807) is 23.1 Å². The number of halogens is 1. The Morgan fingerprint density at radius 3 is 2.37 bits per heavy atom. The van der Waals surface area contributed by atoms with Gasteiger partial charge in [-0.1, -0.05) is 81.4 Å². The number of likely N-dealkylation sites (tertiary alicyclic amines) is 1. The van der Waals surface area contributed by atoms with Crippen LogP contribution in [0.25, 0.3) is 38.6 Å². The molecule has 1 aliphatic rings. The van der Waals surface area contributed by atoms with E-state index < -0.39 is 11.1 Å². The van der Waals surface area contributed by atoms with E-state index in [4.69, 9.17) is 11.6 Å². The van der Waals surface area contributed by atoms with Crippen LogP contribution in [0.2, 0.25) is 5.02 Å².